The van der Waals surface area contributed by atoms with Crippen molar-refractivity contribution in [1.82, 2.24) is 24.1 Å². The highest BCUT2D eigenvalue weighted by molar-refractivity contribution is 5.90. The van der Waals surface area contributed by atoms with Gasteiger partial charge in [0.1, 0.15) is 18.7 Å². The van der Waals surface area contributed by atoms with Crippen LogP contribution in [0.3, 0.4) is 0 Å². The molecule has 1 aliphatic carbocycles. The minimum absolute atomic E-state index is 0.265. The number of piperidine rings is 1. The fourth-order valence-electron chi connectivity index (χ4n) is 3.95. The molecule has 0 unspecified atom stereocenters. The molecule has 156 valence electrons. The van der Waals surface area contributed by atoms with E-state index in [9.17, 15) is 18.4 Å². The second-order valence-electron chi connectivity index (χ2n) is 7.90. The van der Waals surface area contributed by atoms with E-state index in [2.05, 4.69) is 20.4 Å². The summed E-state index contributed by atoms with van der Waals surface area (Å²) in [5.74, 6) is -2.96. The molecule has 1 aliphatic heterocycles. The first-order valence-corrected chi connectivity index (χ1v) is 9.64. The molecule has 1 spiro atoms. The zero-order chi connectivity index (χ0) is 20.9. The van der Waals surface area contributed by atoms with E-state index in [0.717, 1.165) is 6.20 Å². The summed E-state index contributed by atoms with van der Waals surface area (Å²) in [4.78, 5) is 34.1. The first kappa shape index (κ1) is 18.6. The van der Waals surface area contributed by atoms with Gasteiger partial charge in [0.25, 0.3) is 11.5 Å². The van der Waals surface area contributed by atoms with Crippen LogP contribution < -0.4 is 15.8 Å². The number of halogens is 2. The molecule has 1 saturated heterocycles. The third-order valence-electron chi connectivity index (χ3n) is 5.94. The minimum Gasteiger partial charge on any atom is -0.349 e. The zero-order valence-corrected chi connectivity index (χ0v) is 16.0. The van der Waals surface area contributed by atoms with Gasteiger partial charge in [-0.1, -0.05) is 0 Å². The predicted molar refractivity (Wildman–Crippen MR) is 104 cm³/mol. The summed E-state index contributed by atoms with van der Waals surface area (Å²) in [5, 5.41) is 6.69. The molecule has 1 N–H and O–H groups in total. The first-order valence-electron chi connectivity index (χ1n) is 9.64. The van der Waals surface area contributed by atoms with E-state index < -0.39 is 29.3 Å². The smallest absolute Gasteiger partial charge is 0.270 e. The third kappa shape index (κ3) is 3.19. The molecule has 3 aromatic heterocycles. The van der Waals surface area contributed by atoms with Crippen molar-refractivity contribution in [3.8, 4) is 0 Å². The van der Waals surface area contributed by atoms with Gasteiger partial charge in [0.05, 0.1) is 30.8 Å². The van der Waals surface area contributed by atoms with Crippen LogP contribution in [-0.2, 0) is 11.3 Å². The van der Waals surface area contributed by atoms with Gasteiger partial charge in [0.15, 0.2) is 5.65 Å². The van der Waals surface area contributed by atoms with E-state index in [1.54, 1.807) is 18.3 Å². The molecule has 0 bridgehead atoms. The van der Waals surface area contributed by atoms with Crippen LogP contribution in [0.5, 0.6) is 0 Å². The molecule has 30 heavy (non-hydrogen) atoms. The fraction of sp³-hybridized carbons (Fsp3) is 0.421. The van der Waals surface area contributed by atoms with Gasteiger partial charge in [0, 0.05) is 12.0 Å². The highest BCUT2D eigenvalue weighted by atomic mass is 19.3. The molecular formula is C19H19F2N7O2. The number of pyridine rings is 1. The van der Waals surface area contributed by atoms with Crippen molar-refractivity contribution in [3.63, 3.8) is 0 Å². The molecule has 4 heterocycles. The average Bonchev–Trinajstić information content (AvgIpc) is 3.35. The van der Waals surface area contributed by atoms with Gasteiger partial charge >= 0.3 is 0 Å². The number of nitrogens with zero attached hydrogens (tertiary/aromatic N) is 6. The van der Waals surface area contributed by atoms with E-state index in [1.165, 1.54) is 26.5 Å². The van der Waals surface area contributed by atoms with E-state index in [-0.39, 0.29) is 12.4 Å². The van der Waals surface area contributed by atoms with Gasteiger partial charge in [0.2, 0.25) is 5.91 Å². The van der Waals surface area contributed by atoms with Crippen molar-refractivity contribution >= 4 is 23.1 Å². The lowest BCUT2D eigenvalue weighted by molar-refractivity contribution is -0.116. The van der Waals surface area contributed by atoms with E-state index in [0.29, 0.717) is 37.1 Å². The van der Waals surface area contributed by atoms with Gasteiger partial charge in [-0.05, 0) is 31.4 Å². The summed E-state index contributed by atoms with van der Waals surface area (Å²) in [6.07, 6.45) is 6.93. The summed E-state index contributed by atoms with van der Waals surface area (Å²) in [6.45, 7) is -0.245. The summed E-state index contributed by atoms with van der Waals surface area (Å²) < 4.78 is 31.7. The Morgan fingerprint density at radius 3 is 2.77 bits per heavy atom. The Balaban J connectivity index is 1.31. The van der Waals surface area contributed by atoms with E-state index in [4.69, 9.17) is 0 Å². The van der Waals surface area contributed by atoms with Gasteiger partial charge in [-0.2, -0.15) is 5.10 Å². The molecule has 5 rings (SSSR count). The van der Waals surface area contributed by atoms with Crippen LogP contribution in [0.15, 0.2) is 41.8 Å². The van der Waals surface area contributed by atoms with Crippen molar-refractivity contribution in [2.75, 3.05) is 23.3 Å². The van der Waals surface area contributed by atoms with Gasteiger partial charge in [-0.3, -0.25) is 9.59 Å². The molecule has 11 heteroatoms. The lowest BCUT2D eigenvalue weighted by Gasteiger charge is -2.39. The highest BCUT2D eigenvalue weighted by Gasteiger charge is 2.63. The second kappa shape index (κ2) is 6.57. The van der Waals surface area contributed by atoms with Crippen molar-refractivity contribution < 1.29 is 13.6 Å². The van der Waals surface area contributed by atoms with Gasteiger partial charge in [-0.25, -0.2) is 23.3 Å². The molecular weight excluding hydrogens is 396 g/mol. The SMILES string of the molecule is O=C(Cn1cc(N2CCC3(CC3)C(F)(F)C2)ncc1=O)Nc1ccc2ncnn2c1. The fourth-order valence-corrected chi connectivity index (χ4v) is 3.95. The number of aromatic nitrogens is 5. The number of carbonyl (C=O) groups is 1. The number of carbonyl (C=O) groups excluding carboxylic acids is 1. The molecule has 2 aliphatic rings. The van der Waals surface area contributed by atoms with Gasteiger partial charge in [-0.15, -0.1) is 0 Å². The molecule has 2 fully saturated rings. The van der Waals surface area contributed by atoms with Crippen molar-refractivity contribution in [1.29, 1.82) is 0 Å². The summed E-state index contributed by atoms with van der Waals surface area (Å²) in [7, 11) is 0. The Kier molecular flexibility index (Phi) is 4.09. The minimum atomic E-state index is -2.79. The summed E-state index contributed by atoms with van der Waals surface area (Å²) in [6, 6.07) is 3.37. The largest absolute Gasteiger partial charge is 0.349 e. The third-order valence-corrected chi connectivity index (χ3v) is 5.94. The maximum absolute atomic E-state index is 14.5. The van der Waals surface area contributed by atoms with Crippen molar-refractivity contribution in [2.45, 2.75) is 31.7 Å². The van der Waals surface area contributed by atoms with Crippen LogP contribution in [0.1, 0.15) is 19.3 Å². The quantitative estimate of drug-likeness (QED) is 0.695. The molecule has 0 radical (unpaired) electrons. The molecule has 0 aromatic carbocycles. The predicted octanol–water partition coefficient (Wildman–Crippen LogP) is 1.55. The second-order valence-corrected chi connectivity index (χ2v) is 7.90. The Hall–Kier alpha value is -3.37. The van der Waals surface area contributed by atoms with Crippen LogP contribution in [0.2, 0.25) is 0 Å². The Labute approximate surface area is 169 Å². The number of fused-ring (bicyclic) bond motifs is 1. The highest BCUT2D eigenvalue weighted by Crippen LogP contribution is 2.61. The number of rotatable bonds is 4. The first-order chi connectivity index (χ1) is 14.4. The summed E-state index contributed by atoms with van der Waals surface area (Å²) in [5.41, 5.74) is -0.216. The van der Waals surface area contributed by atoms with E-state index in [1.807, 2.05) is 0 Å². The van der Waals surface area contributed by atoms with Gasteiger partial charge < -0.3 is 14.8 Å². The number of nitrogens with one attached hydrogen (secondary N) is 1. The summed E-state index contributed by atoms with van der Waals surface area (Å²) >= 11 is 0. The standard InChI is InChI=1S/C19H19F2N7O2/c20-19(21)11-26(6-5-18(19)3-4-18)15-9-27(17(30)7-22-15)10-16(29)25-13-1-2-14-23-12-24-28(14)8-13/h1-2,7-9,12H,3-6,10-11H2,(H,25,29). The van der Waals surface area contributed by atoms with Crippen molar-refractivity contribution in [3.05, 3.63) is 47.4 Å². The lowest BCUT2D eigenvalue weighted by Crippen LogP contribution is -2.50. The van der Waals surface area contributed by atoms with Crippen LogP contribution in [0.4, 0.5) is 20.3 Å². The Morgan fingerprint density at radius 1 is 1.17 bits per heavy atom. The van der Waals surface area contributed by atoms with Crippen LogP contribution in [0, 0.1) is 5.41 Å². The number of hydrogen-bond donors (Lipinski definition) is 1. The molecule has 1 saturated carbocycles. The number of hydrogen-bond acceptors (Lipinski definition) is 6. The topological polar surface area (TPSA) is 97.4 Å². The molecule has 0 atom stereocenters. The van der Waals surface area contributed by atoms with E-state index >= 15 is 0 Å². The molecule has 1 amide bonds. The lowest BCUT2D eigenvalue weighted by atomic mass is 9.89. The average molecular weight is 415 g/mol. The molecule has 3 aromatic rings. The molecule has 9 nitrogen and oxygen atoms in total. The Morgan fingerprint density at radius 2 is 2.00 bits per heavy atom. The zero-order valence-electron chi connectivity index (χ0n) is 16.0. The number of amides is 1. The van der Waals surface area contributed by atoms with Crippen LogP contribution >= 0.6 is 0 Å². The maximum atomic E-state index is 14.5. The normalized spacial score (nSPS) is 19.2. The number of anilines is 2. The van der Waals surface area contributed by atoms with Crippen molar-refractivity contribution in [2.24, 2.45) is 5.41 Å². The maximum Gasteiger partial charge on any atom is 0.270 e. The Bertz CT molecular complexity index is 1180. The number of alkyl halides is 2. The monoisotopic (exact) mass is 415 g/mol. The van der Waals surface area contributed by atoms with Crippen LogP contribution in [0.25, 0.3) is 5.65 Å². The van der Waals surface area contributed by atoms with Crippen LogP contribution in [-0.4, -0.2) is 49.1 Å².